The molecule has 0 fully saturated rings. The molecule has 3 aromatic rings. The van der Waals surface area contributed by atoms with Gasteiger partial charge >= 0.3 is 0 Å². The molecule has 0 aliphatic rings. The van der Waals surface area contributed by atoms with Crippen LogP contribution in [0.3, 0.4) is 0 Å². The molecule has 5 nitrogen and oxygen atoms in total. The highest BCUT2D eigenvalue weighted by atomic mass is 35.5. The van der Waals surface area contributed by atoms with Crippen molar-refractivity contribution >= 4 is 27.5 Å². The van der Waals surface area contributed by atoms with Crippen LogP contribution in [0.25, 0.3) is 11.3 Å². The number of anilines is 1. The number of benzene rings is 2. The van der Waals surface area contributed by atoms with E-state index < -0.39 is 10.0 Å². The number of halogens is 1. The minimum Gasteiger partial charge on any atom is -0.337 e. The third-order valence-electron chi connectivity index (χ3n) is 3.18. The summed E-state index contributed by atoms with van der Waals surface area (Å²) in [7, 11) is -3.72. The van der Waals surface area contributed by atoms with E-state index in [4.69, 9.17) is 16.1 Å². The van der Waals surface area contributed by atoms with Crippen molar-refractivity contribution in [2.45, 2.75) is 11.8 Å². The fourth-order valence-electron chi connectivity index (χ4n) is 2.05. The molecule has 2 aromatic carbocycles. The molecule has 0 atom stereocenters. The highest BCUT2D eigenvalue weighted by Crippen LogP contribution is 2.25. The average Bonchev–Trinajstić information content (AvgIpc) is 2.96. The molecule has 0 spiro atoms. The van der Waals surface area contributed by atoms with E-state index in [1.165, 1.54) is 12.1 Å². The second kappa shape index (κ2) is 6.06. The molecule has 1 aromatic heterocycles. The molecule has 0 radical (unpaired) electrons. The molecule has 7 heteroatoms. The molecule has 0 bridgehead atoms. The third kappa shape index (κ3) is 3.55. The largest absolute Gasteiger partial charge is 0.337 e. The lowest BCUT2D eigenvalue weighted by molar-refractivity contribution is 0.438. The number of hydrogen-bond donors (Lipinski definition) is 1. The molecule has 1 N–H and O–H groups in total. The van der Waals surface area contributed by atoms with Crippen molar-refractivity contribution in [1.82, 2.24) is 5.16 Å². The van der Waals surface area contributed by atoms with Crippen molar-refractivity contribution in [3.63, 3.8) is 0 Å². The minimum absolute atomic E-state index is 0.0523. The molecule has 118 valence electrons. The van der Waals surface area contributed by atoms with Crippen LogP contribution < -0.4 is 4.72 Å². The lowest BCUT2D eigenvalue weighted by Gasteiger charge is -2.05. The Morgan fingerprint density at radius 3 is 2.52 bits per heavy atom. The van der Waals surface area contributed by atoms with E-state index >= 15 is 0 Å². The van der Waals surface area contributed by atoms with Crippen molar-refractivity contribution in [3.8, 4) is 11.3 Å². The summed E-state index contributed by atoms with van der Waals surface area (Å²) < 4.78 is 32.1. The smallest absolute Gasteiger partial charge is 0.264 e. The molecule has 1 heterocycles. The molecule has 23 heavy (non-hydrogen) atoms. The predicted octanol–water partition coefficient (Wildman–Crippen LogP) is 4.10. The Kier molecular flexibility index (Phi) is 4.11. The van der Waals surface area contributed by atoms with Gasteiger partial charge in [0.25, 0.3) is 10.0 Å². The van der Waals surface area contributed by atoms with E-state index in [-0.39, 0.29) is 10.8 Å². The van der Waals surface area contributed by atoms with Gasteiger partial charge in [-0.2, -0.15) is 0 Å². The number of aryl methyl sites for hydroxylation is 1. The van der Waals surface area contributed by atoms with E-state index in [0.717, 1.165) is 11.1 Å². The highest BCUT2D eigenvalue weighted by Gasteiger charge is 2.17. The van der Waals surface area contributed by atoms with Gasteiger partial charge in [0.1, 0.15) is 5.69 Å². The third-order valence-corrected chi connectivity index (χ3v) is 4.78. The molecule has 0 unspecified atom stereocenters. The highest BCUT2D eigenvalue weighted by molar-refractivity contribution is 7.92. The maximum absolute atomic E-state index is 12.3. The summed E-state index contributed by atoms with van der Waals surface area (Å²) in [6.45, 7) is 1.83. The Morgan fingerprint density at radius 1 is 1.09 bits per heavy atom. The van der Waals surface area contributed by atoms with E-state index in [0.29, 0.717) is 10.7 Å². The summed E-state index contributed by atoms with van der Waals surface area (Å²) in [6, 6.07) is 15.1. The van der Waals surface area contributed by atoms with E-state index in [1.807, 2.05) is 13.0 Å². The quantitative estimate of drug-likeness (QED) is 0.770. The molecular formula is C16H13ClN2O3S. The Balaban J connectivity index is 1.85. The van der Waals surface area contributed by atoms with Crippen molar-refractivity contribution in [2.75, 3.05) is 4.72 Å². The van der Waals surface area contributed by atoms with E-state index in [9.17, 15) is 8.42 Å². The fourth-order valence-corrected chi connectivity index (χ4v) is 3.26. The van der Waals surface area contributed by atoms with Crippen LogP contribution in [0.2, 0.25) is 5.02 Å². The second-order valence-electron chi connectivity index (χ2n) is 5.01. The molecular weight excluding hydrogens is 336 g/mol. The molecule has 0 saturated carbocycles. The number of hydrogen-bond acceptors (Lipinski definition) is 4. The molecule has 0 saturated heterocycles. The summed E-state index contributed by atoms with van der Waals surface area (Å²) in [4.78, 5) is 0.168. The summed E-state index contributed by atoms with van der Waals surface area (Å²) in [5.74, 6) is 0.0523. The van der Waals surface area contributed by atoms with Crippen LogP contribution >= 0.6 is 11.6 Å². The normalized spacial score (nSPS) is 11.4. The van der Waals surface area contributed by atoms with Crippen molar-refractivity contribution in [3.05, 3.63) is 65.2 Å². The fraction of sp³-hybridized carbons (Fsp3) is 0.0625. The zero-order valence-corrected chi connectivity index (χ0v) is 13.7. The molecule has 0 amide bonds. The average molecular weight is 349 g/mol. The standard InChI is InChI=1S/C16H13ClN2O3S/c1-11-3-2-4-14(9-11)23(20,21)19-16-10-15(18-22-16)12-5-7-13(17)8-6-12/h2-10,19H,1H3. The lowest BCUT2D eigenvalue weighted by atomic mass is 10.1. The Morgan fingerprint density at radius 2 is 1.83 bits per heavy atom. The van der Waals surface area contributed by atoms with Crippen LogP contribution in [0.4, 0.5) is 5.88 Å². The van der Waals surface area contributed by atoms with Crippen LogP contribution in [-0.4, -0.2) is 13.6 Å². The molecule has 3 rings (SSSR count). The van der Waals surface area contributed by atoms with Crippen LogP contribution in [0.1, 0.15) is 5.56 Å². The van der Waals surface area contributed by atoms with Crippen LogP contribution in [0, 0.1) is 6.92 Å². The summed E-state index contributed by atoms with van der Waals surface area (Å²) in [5, 5.41) is 4.48. The minimum atomic E-state index is -3.72. The first-order valence-corrected chi connectivity index (χ1v) is 8.62. The zero-order valence-electron chi connectivity index (χ0n) is 12.2. The summed E-state index contributed by atoms with van der Waals surface area (Å²) in [5.41, 5.74) is 2.15. The SMILES string of the molecule is Cc1cccc(S(=O)(=O)Nc2cc(-c3ccc(Cl)cc3)no2)c1. The molecule has 0 aliphatic carbocycles. The Labute approximate surface area is 138 Å². The van der Waals surface area contributed by atoms with Crippen molar-refractivity contribution in [1.29, 1.82) is 0 Å². The zero-order chi connectivity index (χ0) is 16.4. The van der Waals surface area contributed by atoms with Crippen molar-refractivity contribution < 1.29 is 12.9 Å². The van der Waals surface area contributed by atoms with Gasteiger partial charge in [-0.3, -0.25) is 0 Å². The number of aromatic nitrogens is 1. The van der Waals surface area contributed by atoms with Gasteiger partial charge in [-0.1, -0.05) is 41.0 Å². The van der Waals surface area contributed by atoms with Crippen molar-refractivity contribution in [2.24, 2.45) is 0 Å². The van der Waals surface area contributed by atoms with Gasteiger partial charge in [-0.15, -0.1) is 0 Å². The van der Waals surface area contributed by atoms with Gasteiger partial charge in [0, 0.05) is 16.7 Å². The number of sulfonamides is 1. The van der Waals surface area contributed by atoms with Gasteiger partial charge in [-0.05, 0) is 36.8 Å². The van der Waals surface area contributed by atoms with Gasteiger partial charge in [0.15, 0.2) is 0 Å². The van der Waals surface area contributed by atoms with Crippen LogP contribution in [-0.2, 0) is 10.0 Å². The number of nitrogens with zero attached hydrogens (tertiary/aromatic N) is 1. The van der Waals surface area contributed by atoms with E-state index in [1.54, 1.807) is 36.4 Å². The van der Waals surface area contributed by atoms with Crippen LogP contribution in [0.15, 0.2) is 64.0 Å². The van der Waals surface area contributed by atoms with Gasteiger partial charge in [0.05, 0.1) is 4.90 Å². The van der Waals surface area contributed by atoms with Gasteiger partial charge < -0.3 is 4.52 Å². The Hall–Kier alpha value is -2.31. The molecule has 0 aliphatic heterocycles. The number of rotatable bonds is 4. The lowest BCUT2D eigenvalue weighted by Crippen LogP contribution is -2.12. The number of nitrogens with one attached hydrogen (secondary N) is 1. The summed E-state index contributed by atoms with van der Waals surface area (Å²) in [6.07, 6.45) is 0. The second-order valence-corrected chi connectivity index (χ2v) is 7.12. The van der Waals surface area contributed by atoms with Gasteiger partial charge in [-0.25, -0.2) is 13.1 Å². The topological polar surface area (TPSA) is 72.2 Å². The first kappa shape index (κ1) is 15.6. The van der Waals surface area contributed by atoms with Gasteiger partial charge in [0.2, 0.25) is 5.88 Å². The summed E-state index contributed by atoms with van der Waals surface area (Å²) >= 11 is 5.84. The first-order chi connectivity index (χ1) is 10.9. The maximum Gasteiger partial charge on any atom is 0.264 e. The Bertz CT molecular complexity index is 934. The monoisotopic (exact) mass is 348 g/mol. The first-order valence-electron chi connectivity index (χ1n) is 6.76. The van der Waals surface area contributed by atoms with E-state index in [2.05, 4.69) is 9.88 Å². The maximum atomic E-state index is 12.3. The predicted molar refractivity (Wildman–Crippen MR) is 88.9 cm³/mol. The van der Waals surface area contributed by atoms with Crippen LogP contribution in [0.5, 0.6) is 0 Å².